The first-order valence-corrected chi connectivity index (χ1v) is 11.1. The number of benzene rings is 2. The highest BCUT2D eigenvalue weighted by molar-refractivity contribution is 5.81. The second-order valence-electron chi connectivity index (χ2n) is 8.27. The fraction of sp³-hybridized carbons (Fsp3) is 0.379. The molecule has 0 radical (unpaired) electrons. The third-order valence-electron chi connectivity index (χ3n) is 5.21. The average Bonchev–Trinajstić information content (AvgIpc) is 2.88. The first-order chi connectivity index (χ1) is 16.6. The molecule has 0 spiro atoms. The van der Waals surface area contributed by atoms with Crippen LogP contribution < -0.4 is 9.47 Å². The second kappa shape index (κ2) is 16.2. The molecule has 0 saturated heterocycles. The van der Waals surface area contributed by atoms with Crippen LogP contribution >= 0.6 is 0 Å². The number of rotatable bonds is 14. The number of aliphatic hydroxyl groups is 2. The first-order valence-electron chi connectivity index (χ1n) is 11.1. The molecule has 0 aromatic heterocycles. The Morgan fingerprint density at radius 3 is 1.35 bits per heavy atom. The van der Waals surface area contributed by atoms with Crippen LogP contribution in [0.25, 0.3) is 0 Å². The van der Waals surface area contributed by atoms with Crippen molar-refractivity contribution in [1.82, 2.24) is 0 Å². The Morgan fingerprint density at radius 1 is 0.730 bits per heavy atom. The second-order valence-corrected chi connectivity index (χ2v) is 8.27. The van der Waals surface area contributed by atoms with E-state index in [2.05, 4.69) is 27.0 Å². The number of ether oxygens (including phenoxy) is 4. The number of aliphatic hydroxyl groups excluding tert-OH is 2. The lowest BCUT2D eigenvalue weighted by Gasteiger charge is -2.26. The Hall–Kier alpha value is -3.62. The minimum atomic E-state index is -0.945. The van der Waals surface area contributed by atoms with Crippen LogP contribution in [0.15, 0.2) is 73.8 Å². The highest BCUT2D eigenvalue weighted by Gasteiger charge is 2.23. The molecule has 2 atom stereocenters. The van der Waals surface area contributed by atoms with Crippen molar-refractivity contribution in [2.75, 3.05) is 26.4 Å². The van der Waals surface area contributed by atoms with Crippen molar-refractivity contribution in [2.24, 2.45) is 0 Å². The molecule has 0 aliphatic carbocycles. The molecule has 0 saturated carbocycles. The van der Waals surface area contributed by atoms with Crippen LogP contribution in [-0.4, -0.2) is 60.8 Å². The summed E-state index contributed by atoms with van der Waals surface area (Å²) >= 11 is 0. The van der Waals surface area contributed by atoms with E-state index in [1.54, 1.807) is 0 Å². The Morgan fingerprint density at radius 2 is 1.05 bits per heavy atom. The van der Waals surface area contributed by atoms with E-state index in [4.69, 9.17) is 18.9 Å². The van der Waals surface area contributed by atoms with E-state index < -0.39 is 24.1 Å². The van der Waals surface area contributed by atoms with Gasteiger partial charge >= 0.3 is 11.9 Å². The van der Waals surface area contributed by atoms with E-state index in [0.717, 1.165) is 23.3 Å². The number of hydrogen-bond acceptors (Lipinski definition) is 8. The molecule has 0 heterocycles. The molecule has 2 unspecified atom stereocenters. The Labute approximate surface area is 220 Å². The summed E-state index contributed by atoms with van der Waals surface area (Å²) in [6.07, 6.45) is 0.176. The Balaban J connectivity index is 0.00000648. The van der Waals surface area contributed by atoms with Gasteiger partial charge in [0.15, 0.2) is 0 Å². The fourth-order valence-corrected chi connectivity index (χ4v) is 3.06. The zero-order chi connectivity index (χ0) is 25.8. The van der Waals surface area contributed by atoms with E-state index >= 15 is 0 Å². The van der Waals surface area contributed by atoms with Crippen LogP contribution in [0.3, 0.4) is 0 Å². The topological polar surface area (TPSA) is 112 Å². The largest absolute Gasteiger partial charge is 0.491 e. The Kier molecular flexibility index (Phi) is 14.6. The van der Waals surface area contributed by atoms with Crippen molar-refractivity contribution in [3.63, 3.8) is 0 Å². The lowest BCUT2D eigenvalue weighted by atomic mass is 9.78. The first kappa shape index (κ1) is 33.4. The minimum Gasteiger partial charge on any atom is -0.491 e. The monoisotopic (exact) mass is 516 g/mol. The van der Waals surface area contributed by atoms with E-state index in [1.807, 2.05) is 48.5 Å². The van der Waals surface area contributed by atoms with Crippen LogP contribution in [0, 0.1) is 0 Å². The zero-order valence-electron chi connectivity index (χ0n) is 20.0. The molecule has 37 heavy (non-hydrogen) atoms. The number of hydrogen-bond donors (Lipinski definition) is 2. The normalized spacial score (nSPS) is 12.0. The van der Waals surface area contributed by atoms with Crippen LogP contribution in [0.5, 0.6) is 11.5 Å². The number of carbonyl (C=O) groups is 2. The summed E-state index contributed by atoms with van der Waals surface area (Å²) in [5.74, 6) is -0.0295. The third kappa shape index (κ3) is 10.9. The van der Waals surface area contributed by atoms with E-state index in [0.29, 0.717) is 11.5 Å². The summed E-state index contributed by atoms with van der Waals surface area (Å²) in [7, 11) is 0. The van der Waals surface area contributed by atoms with Gasteiger partial charge in [-0.2, -0.15) is 0 Å². The lowest BCUT2D eigenvalue weighted by Crippen LogP contribution is -2.25. The molecule has 2 aromatic carbocycles. The van der Waals surface area contributed by atoms with Gasteiger partial charge in [-0.05, 0) is 35.4 Å². The minimum absolute atomic E-state index is 0. The van der Waals surface area contributed by atoms with Crippen molar-refractivity contribution in [1.29, 1.82) is 0 Å². The van der Waals surface area contributed by atoms with Gasteiger partial charge in [-0.3, -0.25) is 0 Å². The predicted octanol–water partition coefficient (Wildman–Crippen LogP) is 4.22. The molecule has 0 aliphatic rings. The molecule has 0 fully saturated rings. The van der Waals surface area contributed by atoms with Gasteiger partial charge in [0.2, 0.25) is 0 Å². The number of esters is 2. The van der Waals surface area contributed by atoms with Gasteiger partial charge in [0.1, 0.15) is 50.1 Å². The molecule has 0 aliphatic heterocycles. The molecule has 0 amide bonds. The van der Waals surface area contributed by atoms with E-state index in [9.17, 15) is 19.8 Å². The van der Waals surface area contributed by atoms with E-state index in [1.165, 1.54) is 0 Å². The van der Waals surface area contributed by atoms with Crippen molar-refractivity contribution in [3.05, 3.63) is 85.0 Å². The van der Waals surface area contributed by atoms with Gasteiger partial charge in [0.05, 0.1) is 0 Å². The SMILES string of the molecule is C.C.C=CC(=O)OCC(O)COc1ccc(C(C)(C)c2ccc(OCC(O)COC(=O)C=C)cc2)cc1. The summed E-state index contributed by atoms with van der Waals surface area (Å²) in [5, 5.41) is 19.7. The van der Waals surface area contributed by atoms with Crippen molar-refractivity contribution >= 4 is 11.9 Å². The van der Waals surface area contributed by atoms with Gasteiger partial charge in [-0.1, -0.05) is 66.1 Å². The average molecular weight is 517 g/mol. The molecular formula is C29H40O8. The molecule has 0 bridgehead atoms. The van der Waals surface area contributed by atoms with Crippen molar-refractivity contribution in [3.8, 4) is 11.5 Å². The molecule has 8 nitrogen and oxygen atoms in total. The molecule has 2 rings (SSSR count). The van der Waals surface area contributed by atoms with Gasteiger partial charge < -0.3 is 29.2 Å². The van der Waals surface area contributed by atoms with Crippen molar-refractivity contribution < 1.29 is 38.7 Å². The third-order valence-corrected chi connectivity index (χ3v) is 5.21. The van der Waals surface area contributed by atoms with Gasteiger partial charge in [-0.15, -0.1) is 0 Å². The molecule has 2 N–H and O–H groups in total. The fourth-order valence-electron chi connectivity index (χ4n) is 3.06. The van der Waals surface area contributed by atoms with E-state index in [-0.39, 0.29) is 46.7 Å². The molecule has 204 valence electrons. The summed E-state index contributed by atoms with van der Waals surface area (Å²) in [6, 6.07) is 15.1. The lowest BCUT2D eigenvalue weighted by molar-refractivity contribution is -0.142. The van der Waals surface area contributed by atoms with Crippen LogP contribution in [-0.2, 0) is 24.5 Å². The van der Waals surface area contributed by atoms with Gasteiger partial charge in [-0.25, -0.2) is 9.59 Å². The predicted molar refractivity (Wildman–Crippen MR) is 144 cm³/mol. The molecular weight excluding hydrogens is 476 g/mol. The standard InChI is InChI=1S/C27H32O8.2CH4/c1-5-25(30)34-17-21(28)15-32-23-11-7-19(8-12-23)27(3,4)20-9-13-24(14-10-20)33-16-22(29)18-35-26(31)6-2;;/h5-14,21-22,28-29H,1-2,15-18H2,3-4H3;2*1H4. The molecule has 2 aromatic rings. The van der Waals surface area contributed by atoms with Crippen molar-refractivity contribution in [2.45, 2.75) is 46.3 Å². The van der Waals surface area contributed by atoms with Gasteiger partial charge in [0.25, 0.3) is 0 Å². The van der Waals surface area contributed by atoms with Crippen LogP contribution in [0.4, 0.5) is 0 Å². The maximum atomic E-state index is 11.0. The number of carbonyl (C=O) groups excluding carboxylic acids is 2. The highest BCUT2D eigenvalue weighted by Crippen LogP contribution is 2.33. The zero-order valence-corrected chi connectivity index (χ0v) is 20.0. The summed E-state index contributed by atoms with van der Waals surface area (Å²) in [6.45, 7) is 10.4. The maximum absolute atomic E-state index is 11.0. The molecule has 8 heteroatoms. The smallest absolute Gasteiger partial charge is 0.330 e. The Bertz CT molecular complexity index is 900. The summed E-state index contributed by atoms with van der Waals surface area (Å²) in [4.78, 5) is 22.1. The highest BCUT2D eigenvalue weighted by atomic mass is 16.6. The van der Waals surface area contributed by atoms with Gasteiger partial charge in [0, 0.05) is 17.6 Å². The van der Waals surface area contributed by atoms with Crippen LogP contribution in [0.1, 0.15) is 39.8 Å². The maximum Gasteiger partial charge on any atom is 0.330 e. The van der Waals surface area contributed by atoms with Crippen LogP contribution in [0.2, 0.25) is 0 Å². The summed E-state index contributed by atoms with van der Waals surface area (Å²) in [5.41, 5.74) is 1.80. The summed E-state index contributed by atoms with van der Waals surface area (Å²) < 4.78 is 20.7. The quantitative estimate of drug-likeness (QED) is 0.284.